The van der Waals surface area contributed by atoms with Crippen LogP contribution in [0.15, 0.2) is 6.33 Å². The van der Waals surface area contributed by atoms with Crippen molar-refractivity contribution in [2.24, 2.45) is 0 Å². The topological polar surface area (TPSA) is 75.5 Å². The smallest absolute Gasteiger partial charge is 0.281 e. The standard InChI is InChI=1S/C9H14N4O3S/c1-11(2)17(15,16)13-4-3-12-7-10-8(6-14)9(12)5-13/h6-7H,3-5H2,1-2H3. The molecule has 1 aliphatic rings. The number of fused-ring (bicyclic) bond motifs is 1. The van der Waals surface area contributed by atoms with E-state index >= 15 is 0 Å². The monoisotopic (exact) mass is 258 g/mol. The summed E-state index contributed by atoms with van der Waals surface area (Å²) in [5.74, 6) is 0. The second kappa shape index (κ2) is 4.21. The molecule has 0 radical (unpaired) electrons. The lowest BCUT2D eigenvalue weighted by molar-refractivity contribution is 0.111. The maximum Gasteiger partial charge on any atom is 0.281 e. The Hall–Kier alpha value is -1.25. The van der Waals surface area contributed by atoms with E-state index in [1.807, 2.05) is 4.57 Å². The highest BCUT2D eigenvalue weighted by Crippen LogP contribution is 2.18. The first-order valence-corrected chi connectivity index (χ1v) is 6.53. The van der Waals surface area contributed by atoms with Gasteiger partial charge in [-0.3, -0.25) is 4.79 Å². The van der Waals surface area contributed by atoms with Crippen LogP contribution in [0.1, 0.15) is 16.2 Å². The summed E-state index contributed by atoms with van der Waals surface area (Å²) in [6.45, 7) is 1.10. The third-order valence-electron chi connectivity index (χ3n) is 2.79. The lowest BCUT2D eigenvalue weighted by Crippen LogP contribution is -2.44. The van der Waals surface area contributed by atoms with Crippen LogP contribution in [0.25, 0.3) is 0 Å². The Morgan fingerprint density at radius 1 is 1.41 bits per heavy atom. The van der Waals surface area contributed by atoms with Gasteiger partial charge in [-0.05, 0) is 0 Å². The Morgan fingerprint density at radius 3 is 2.71 bits per heavy atom. The zero-order valence-corrected chi connectivity index (χ0v) is 10.5. The number of carbonyl (C=O) groups is 1. The van der Waals surface area contributed by atoms with Gasteiger partial charge in [-0.15, -0.1) is 0 Å². The van der Waals surface area contributed by atoms with Crippen molar-refractivity contribution in [2.45, 2.75) is 13.1 Å². The number of nitrogens with zero attached hydrogens (tertiary/aromatic N) is 4. The highest BCUT2D eigenvalue weighted by atomic mass is 32.2. The van der Waals surface area contributed by atoms with Crippen molar-refractivity contribution in [1.29, 1.82) is 0 Å². The molecule has 7 nitrogen and oxygen atoms in total. The lowest BCUT2D eigenvalue weighted by atomic mass is 10.3. The molecule has 0 aliphatic carbocycles. The van der Waals surface area contributed by atoms with Crippen LogP contribution in [0.4, 0.5) is 0 Å². The van der Waals surface area contributed by atoms with Crippen molar-refractivity contribution in [3.05, 3.63) is 17.7 Å². The molecule has 0 saturated carbocycles. The molecule has 0 saturated heterocycles. The van der Waals surface area contributed by atoms with Crippen LogP contribution in [-0.2, 0) is 23.3 Å². The van der Waals surface area contributed by atoms with Gasteiger partial charge in [0.1, 0.15) is 5.69 Å². The highest BCUT2D eigenvalue weighted by molar-refractivity contribution is 7.86. The summed E-state index contributed by atoms with van der Waals surface area (Å²) in [5, 5.41) is 0. The average Bonchev–Trinajstić information content (AvgIpc) is 2.70. The number of aromatic nitrogens is 2. The van der Waals surface area contributed by atoms with Crippen LogP contribution in [0.2, 0.25) is 0 Å². The predicted octanol–water partition coefficient (Wildman–Crippen LogP) is -0.682. The van der Waals surface area contributed by atoms with Crippen molar-refractivity contribution in [3.8, 4) is 0 Å². The molecule has 2 rings (SSSR count). The minimum Gasteiger partial charge on any atom is -0.331 e. The van der Waals surface area contributed by atoms with Crippen LogP contribution in [0.5, 0.6) is 0 Å². The molecule has 1 aromatic heterocycles. The number of hydrogen-bond donors (Lipinski definition) is 0. The molecule has 94 valence electrons. The van der Waals surface area contributed by atoms with Gasteiger partial charge in [-0.25, -0.2) is 4.98 Å². The van der Waals surface area contributed by atoms with Crippen molar-refractivity contribution >= 4 is 16.5 Å². The fraction of sp³-hybridized carbons (Fsp3) is 0.556. The van der Waals surface area contributed by atoms with Gasteiger partial charge in [0.15, 0.2) is 6.29 Å². The molecule has 0 N–H and O–H groups in total. The summed E-state index contributed by atoms with van der Waals surface area (Å²) in [4.78, 5) is 14.7. The zero-order valence-electron chi connectivity index (χ0n) is 9.70. The molecule has 0 fully saturated rings. The largest absolute Gasteiger partial charge is 0.331 e. The molecule has 1 aliphatic heterocycles. The fourth-order valence-electron chi connectivity index (χ4n) is 1.78. The van der Waals surface area contributed by atoms with E-state index in [-0.39, 0.29) is 6.54 Å². The van der Waals surface area contributed by atoms with Gasteiger partial charge in [0, 0.05) is 27.2 Å². The fourth-order valence-corrected chi connectivity index (χ4v) is 2.84. The van der Waals surface area contributed by atoms with Crippen molar-refractivity contribution in [2.75, 3.05) is 20.6 Å². The van der Waals surface area contributed by atoms with Crippen LogP contribution >= 0.6 is 0 Å². The first kappa shape index (κ1) is 12.2. The van der Waals surface area contributed by atoms with E-state index < -0.39 is 10.2 Å². The maximum absolute atomic E-state index is 12.0. The SMILES string of the molecule is CN(C)S(=O)(=O)N1CCn2cnc(C=O)c2C1. The maximum atomic E-state index is 12.0. The van der Waals surface area contributed by atoms with E-state index in [4.69, 9.17) is 0 Å². The van der Waals surface area contributed by atoms with E-state index in [1.54, 1.807) is 6.33 Å². The minimum absolute atomic E-state index is 0.189. The Bertz CT molecular complexity index is 534. The van der Waals surface area contributed by atoms with Gasteiger partial charge < -0.3 is 4.57 Å². The van der Waals surface area contributed by atoms with E-state index in [1.165, 1.54) is 22.7 Å². The minimum atomic E-state index is -3.44. The number of hydrogen-bond acceptors (Lipinski definition) is 4. The number of rotatable bonds is 3. The molecule has 2 heterocycles. The van der Waals surface area contributed by atoms with Crippen LogP contribution in [0.3, 0.4) is 0 Å². The number of carbonyl (C=O) groups excluding carboxylic acids is 1. The molecule has 0 spiro atoms. The highest BCUT2D eigenvalue weighted by Gasteiger charge is 2.30. The molecule has 0 unspecified atom stereocenters. The first-order chi connectivity index (χ1) is 7.96. The molecule has 8 heteroatoms. The summed E-state index contributed by atoms with van der Waals surface area (Å²) < 4.78 is 28.2. The zero-order chi connectivity index (χ0) is 12.6. The van der Waals surface area contributed by atoms with Gasteiger partial charge in [-0.1, -0.05) is 0 Å². The molecule has 0 bridgehead atoms. The molecule has 1 aromatic rings. The summed E-state index contributed by atoms with van der Waals surface area (Å²) in [6.07, 6.45) is 2.22. The van der Waals surface area contributed by atoms with Crippen LogP contribution < -0.4 is 0 Å². The average molecular weight is 258 g/mol. The van der Waals surface area contributed by atoms with Gasteiger partial charge in [0.25, 0.3) is 10.2 Å². The quantitative estimate of drug-likeness (QED) is 0.673. The Morgan fingerprint density at radius 2 is 2.12 bits per heavy atom. The molecular weight excluding hydrogens is 244 g/mol. The lowest BCUT2D eigenvalue weighted by Gasteiger charge is -2.29. The van der Waals surface area contributed by atoms with Crippen molar-refractivity contribution in [3.63, 3.8) is 0 Å². The van der Waals surface area contributed by atoms with E-state index in [2.05, 4.69) is 4.98 Å². The second-order valence-electron chi connectivity index (χ2n) is 4.01. The summed E-state index contributed by atoms with van der Waals surface area (Å²) in [6, 6.07) is 0. The Kier molecular flexibility index (Phi) is 3.02. The van der Waals surface area contributed by atoms with Crippen LogP contribution in [0, 0.1) is 0 Å². The van der Waals surface area contributed by atoms with E-state index in [0.29, 0.717) is 30.8 Å². The summed E-state index contributed by atoms with van der Waals surface area (Å²) in [7, 11) is -0.460. The van der Waals surface area contributed by atoms with Gasteiger partial charge >= 0.3 is 0 Å². The van der Waals surface area contributed by atoms with Crippen molar-refractivity contribution in [1.82, 2.24) is 18.2 Å². The van der Waals surface area contributed by atoms with Gasteiger partial charge in [-0.2, -0.15) is 17.0 Å². The first-order valence-electron chi connectivity index (χ1n) is 5.13. The molecular formula is C9H14N4O3S. The molecule has 0 atom stereocenters. The third-order valence-corrected chi connectivity index (χ3v) is 4.68. The molecule has 17 heavy (non-hydrogen) atoms. The van der Waals surface area contributed by atoms with E-state index in [0.717, 1.165) is 0 Å². The normalized spacial score (nSPS) is 17.1. The predicted molar refractivity (Wildman–Crippen MR) is 60.6 cm³/mol. The second-order valence-corrected chi connectivity index (χ2v) is 6.15. The van der Waals surface area contributed by atoms with Gasteiger partial charge in [0.2, 0.25) is 0 Å². The third kappa shape index (κ3) is 1.99. The number of aldehydes is 1. The van der Waals surface area contributed by atoms with Gasteiger partial charge in [0.05, 0.1) is 18.6 Å². The number of imidazole rings is 1. The molecule has 0 aromatic carbocycles. The van der Waals surface area contributed by atoms with E-state index in [9.17, 15) is 13.2 Å². The Labute approximate surface area is 99.8 Å². The molecule has 0 amide bonds. The summed E-state index contributed by atoms with van der Waals surface area (Å²) >= 11 is 0. The summed E-state index contributed by atoms with van der Waals surface area (Å²) in [5.41, 5.74) is 0.959. The van der Waals surface area contributed by atoms with Crippen LogP contribution in [-0.4, -0.2) is 53.5 Å². The Balaban J connectivity index is 2.32. The van der Waals surface area contributed by atoms with Crippen molar-refractivity contribution < 1.29 is 13.2 Å².